The van der Waals surface area contributed by atoms with Gasteiger partial charge in [-0.3, -0.25) is 0 Å². The van der Waals surface area contributed by atoms with Gasteiger partial charge in [0, 0.05) is 5.56 Å². The van der Waals surface area contributed by atoms with Crippen LogP contribution in [0, 0.1) is 4.77 Å². The topological polar surface area (TPSA) is 76.5 Å². The Hall–Kier alpha value is -3.13. The van der Waals surface area contributed by atoms with Gasteiger partial charge in [-0.05, 0) is 61.1 Å². The maximum atomic E-state index is 5.46. The van der Waals surface area contributed by atoms with E-state index >= 15 is 0 Å². The van der Waals surface area contributed by atoms with Crippen molar-refractivity contribution in [2.75, 3.05) is 19.3 Å². The summed E-state index contributed by atoms with van der Waals surface area (Å²) in [4.78, 5) is 0. The summed E-state index contributed by atoms with van der Waals surface area (Å²) in [7, 11) is 1.63. The average molecular weight is 369 g/mol. The van der Waals surface area contributed by atoms with Crippen LogP contribution in [0.4, 0.5) is 0 Å². The van der Waals surface area contributed by atoms with Gasteiger partial charge in [-0.2, -0.15) is 14.9 Å². The number of nitrogens with zero attached hydrogens (tertiary/aromatic N) is 3. The maximum absolute atomic E-state index is 5.46. The third kappa shape index (κ3) is 4.09. The molecule has 134 valence electrons. The van der Waals surface area contributed by atoms with Crippen molar-refractivity contribution in [2.45, 2.75) is 6.92 Å². The van der Waals surface area contributed by atoms with Crippen molar-refractivity contribution < 1.29 is 9.47 Å². The van der Waals surface area contributed by atoms with Crippen molar-refractivity contribution in [3.05, 3.63) is 58.9 Å². The Balaban J connectivity index is 1.79. The van der Waals surface area contributed by atoms with Crippen LogP contribution in [0.5, 0.6) is 11.5 Å². The fourth-order valence-corrected chi connectivity index (χ4v) is 2.51. The Morgan fingerprint density at radius 3 is 2.77 bits per heavy atom. The third-order valence-corrected chi connectivity index (χ3v) is 3.83. The lowest BCUT2D eigenvalue weighted by atomic mass is 10.2. The molecular weight excluding hydrogens is 350 g/mol. The number of hydrogen-bond acceptors (Lipinski definition) is 6. The normalized spacial score (nSPS) is 10.8. The molecule has 0 saturated carbocycles. The van der Waals surface area contributed by atoms with Gasteiger partial charge >= 0.3 is 0 Å². The molecule has 2 aromatic carbocycles. The minimum atomic E-state index is 0.414. The second-order valence-corrected chi connectivity index (χ2v) is 5.67. The molecule has 0 saturated heterocycles. The predicted octanol–water partition coefficient (Wildman–Crippen LogP) is 3.59. The highest BCUT2D eigenvalue weighted by molar-refractivity contribution is 7.71. The number of methoxy groups -OCH3 is 1. The second-order valence-electron chi connectivity index (χ2n) is 5.28. The Bertz CT molecular complexity index is 947. The van der Waals surface area contributed by atoms with Crippen LogP contribution in [0.2, 0.25) is 0 Å². The molecule has 7 nitrogen and oxygen atoms in total. The summed E-state index contributed by atoms with van der Waals surface area (Å²) in [6.45, 7) is 2.57. The minimum Gasteiger partial charge on any atom is -0.497 e. The van der Waals surface area contributed by atoms with Crippen molar-refractivity contribution in [2.24, 2.45) is 5.10 Å². The van der Waals surface area contributed by atoms with E-state index in [1.807, 2.05) is 55.5 Å². The van der Waals surface area contributed by atoms with E-state index in [0.29, 0.717) is 17.2 Å². The van der Waals surface area contributed by atoms with Gasteiger partial charge in [0.1, 0.15) is 11.5 Å². The van der Waals surface area contributed by atoms with Gasteiger partial charge in [0.05, 0.1) is 19.9 Å². The number of benzene rings is 2. The molecule has 1 heterocycles. The van der Waals surface area contributed by atoms with Crippen molar-refractivity contribution in [1.82, 2.24) is 14.9 Å². The molecule has 3 aromatic rings. The summed E-state index contributed by atoms with van der Waals surface area (Å²) in [5, 5.41) is 11.3. The second kappa shape index (κ2) is 8.30. The zero-order chi connectivity index (χ0) is 18.4. The molecule has 0 aliphatic carbocycles. The first kappa shape index (κ1) is 17.7. The van der Waals surface area contributed by atoms with Gasteiger partial charge in [0.2, 0.25) is 4.77 Å². The number of hydrazone groups is 1. The number of rotatable bonds is 7. The number of ether oxygens (including phenoxy) is 2. The minimum absolute atomic E-state index is 0.414. The van der Waals surface area contributed by atoms with Gasteiger partial charge in [0.15, 0.2) is 5.82 Å². The van der Waals surface area contributed by atoms with E-state index in [2.05, 4.69) is 20.8 Å². The zero-order valence-corrected chi connectivity index (χ0v) is 15.3. The Labute approximate surface area is 156 Å². The first-order valence-corrected chi connectivity index (χ1v) is 8.46. The molecule has 2 N–H and O–H groups in total. The zero-order valence-electron chi connectivity index (χ0n) is 14.5. The van der Waals surface area contributed by atoms with E-state index < -0.39 is 0 Å². The molecule has 8 heteroatoms. The monoisotopic (exact) mass is 369 g/mol. The van der Waals surface area contributed by atoms with Crippen LogP contribution in [0.3, 0.4) is 0 Å². The van der Waals surface area contributed by atoms with Gasteiger partial charge in [-0.15, -0.1) is 0 Å². The van der Waals surface area contributed by atoms with Crippen molar-refractivity contribution >= 4 is 18.4 Å². The van der Waals surface area contributed by atoms with E-state index in [9.17, 15) is 0 Å². The summed E-state index contributed by atoms with van der Waals surface area (Å²) in [5.41, 5.74) is 4.68. The molecule has 3 rings (SSSR count). The SMILES string of the molecule is CCOc1ccc(-c2n[nH]c(=S)n2N/N=C/c2cccc(OC)c2)cc1. The molecule has 1 aromatic heterocycles. The quantitative estimate of drug-likeness (QED) is 0.378. The highest BCUT2D eigenvalue weighted by Crippen LogP contribution is 2.20. The summed E-state index contributed by atoms with van der Waals surface area (Å²) in [6, 6.07) is 15.2. The number of aromatic nitrogens is 3. The van der Waals surface area contributed by atoms with Crippen molar-refractivity contribution in [3.8, 4) is 22.9 Å². The molecule has 0 atom stereocenters. The molecule has 26 heavy (non-hydrogen) atoms. The molecule has 0 fully saturated rings. The molecule has 0 aliphatic heterocycles. The van der Waals surface area contributed by atoms with Crippen molar-refractivity contribution in [1.29, 1.82) is 0 Å². The molecule has 0 bridgehead atoms. The first-order chi connectivity index (χ1) is 12.7. The van der Waals surface area contributed by atoms with E-state index in [1.54, 1.807) is 18.0 Å². The Kier molecular flexibility index (Phi) is 5.65. The van der Waals surface area contributed by atoms with Gasteiger partial charge < -0.3 is 9.47 Å². The Morgan fingerprint density at radius 1 is 1.23 bits per heavy atom. The summed E-state index contributed by atoms with van der Waals surface area (Å²) < 4.78 is 12.7. The lowest BCUT2D eigenvalue weighted by molar-refractivity contribution is 0.340. The van der Waals surface area contributed by atoms with Crippen molar-refractivity contribution in [3.63, 3.8) is 0 Å². The molecule has 0 spiro atoms. The molecule has 0 radical (unpaired) electrons. The van der Waals surface area contributed by atoms with E-state index in [4.69, 9.17) is 21.7 Å². The molecule has 0 aliphatic rings. The highest BCUT2D eigenvalue weighted by atomic mass is 32.1. The van der Waals surface area contributed by atoms with Crippen LogP contribution < -0.4 is 15.0 Å². The predicted molar refractivity (Wildman–Crippen MR) is 104 cm³/mol. The summed E-state index contributed by atoms with van der Waals surface area (Å²) in [5.74, 6) is 2.20. The Morgan fingerprint density at radius 2 is 2.04 bits per heavy atom. The van der Waals surface area contributed by atoms with Crippen LogP contribution in [0.1, 0.15) is 12.5 Å². The number of H-pyrrole nitrogens is 1. The lowest BCUT2D eigenvalue weighted by Gasteiger charge is -2.07. The van der Waals surface area contributed by atoms with Gasteiger partial charge in [-0.25, -0.2) is 10.6 Å². The van der Waals surface area contributed by atoms with E-state index in [0.717, 1.165) is 22.6 Å². The maximum Gasteiger partial charge on any atom is 0.216 e. The fourth-order valence-electron chi connectivity index (χ4n) is 2.33. The van der Waals surface area contributed by atoms with E-state index in [1.165, 1.54) is 0 Å². The van der Waals surface area contributed by atoms with E-state index in [-0.39, 0.29) is 0 Å². The summed E-state index contributed by atoms with van der Waals surface area (Å²) in [6.07, 6.45) is 1.68. The van der Waals surface area contributed by atoms with Crippen LogP contribution in [-0.4, -0.2) is 34.8 Å². The molecule has 0 unspecified atom stereocenters. The number of aromatic amines is 1. The smallest absolute Gasteiger partial charge is 0.216 e. The fraction of sp³-hybridized carbons (Fsp3) is 0.167. The standard InChI is InChI=1S/C18H19N5O2S/c1-3-25-15-9-7-14(8-10-15)17-20-21-18(26)23(17)22-19-12-13-5-4-6-16(11-13)24-2/h4-12,22H,3H2,1-2H3,(H,21,26)/b19-12+. The van der Waals surface area contributed by atoms with Gasteiger partial charge in [0.25, 0.3) is 0 Å². The molecule has 0 amide bonds. The number of nitrogens with one attached hydrogen (secondary N) is 2. The van der Waals surface area contributed by atoms with Crippen LogP contribution in [-0.2, 0) is 0 Å². The first-order valence-electron chi connectivity index (χ1n) is 8.05. The van der Waals surface area contributed by atoms with Gasteiger partial charge in [-0.1, -0.05) is 12.1 Å². The average Bonchev–Trinajstić information content (AvgIpc) is 3.04. The highest BCUT2D eigenvalue weighted by Gasteiger charge is 2.08. The number of hydrogen-bond donors (Lipinski definition) is 2. The van der Waals surface area contributed by atoms with Crippen LogP contribution in [0.15, 0.2) is 53.6 Å². The molecular formula is C18H19N5O2S. The van der Waals surface area contributed by atoms with Crippen LogP contribution >= 0.6 is 12.2 Å². The third-order valence-electron chi connectivity index (χ3n) is 3.56. The summed E-state index contributed by atoms with van der Waals surface area (Å²) >= 11 is 5.27. The lowest BCUT2D eigenvalue weighted by Crippen LogP contribution is -2.10. The van der Waals surface area contributed by atoms with Crippen LogP contribution in [0.25, 0.3) is 11.4 Å². The largest absolute Gasteiger partial charge is 0.497 e.